The average molecular weight is 228 g/mol. The Balaban J connectivity index is 2.17. The number of halogens is 1. The Kier molecular flexibility index (Phi) is 5.15. The third-order valence-corrected chi connectivity index (χ3v) is 2.20. The molecule has 0 saturated heterocycles. The number of aliphatic carboxylic acids is 1. The lowest BCUT2D eigenvalue weighted by molar-refractivity contribution is -0.137. The molecule has 1 aromatic carbocycles. The maximum Gasteiger partial charge on any atom is 0.303 e. The minimum atomic E-state index is -0.750. The van der Waals surface area contributed by atoms with Crippen molar-refractivity contribution in [2.24, 2.45) is 0 Å². The van der Waals surface area contributed by atoms with E-state index in [1.165, 1.54) is 0 Å². The Labute approximate surface area is 94.1 Å². The van der Waals surface area contributed by atoms with E-state index < -0.39 is 5.97 Å². The first-order chi connectivity index (χ1) is 7.18. The summed E-state index contributed by atoms with van der Waals surface area (Å²) in [6, 6.07) is 7.61. The van der Waals surface area contributed by atoms with Crippen LogP contribution in [0, 0.1) is 0 Å². The molecule has 0 saturated carbocycles. The van der Waals surface area contributed by atoms with Crippen LogP contribution < -0.4 is 5.32 Å². The standard InChI is InChI=1S/C11H14ClNO2/c12-10-4-1-3-9(7-10)8-13-6-2-5-11(14)15/h1,3-4,7,13H,2,5-6,8H2,(H,14,15). The van der Waals surface area contributed by atoms with E-state index in [0.29, 0.717) is 13.0 Å². The summed E-state index contributed by atoms with van der Waals surface area (Å²) < 4.78 is 0. The number of rotatable bonds is 6. The van der Waals surface area contributed by atoms with Gasteiger partial charge in [0.15, 0.2) is 0 Å². The van der Waals surface area contributed by atoms with Crippen LogP contribution in [-0.2, 0) is 11.3 Å². The van der Waals surface area contributed by atoms with Gasteiger partial charge in [0.05, 0.1) is 0 Å². The molecule has 0 heterocycles. The fourth-order valence-electron chi connectivity index (χ4n) is 1.24. The molecule has 0 aliphatic carbocycles. The van der Waals surface area contributed by atoms with Crippen molar-refractivity contribution in [3.63, 3.8) is 0 Å². The highest BCUT2D eigenvalue weighted by Crippen LogP contribution is 2.10. The van der Waals surface area contributed by atoms with Crippen molar-refractivity contribution in [2.45, 2.75) is 19.4 Å². The number of benzene rings is 1. The maximum atomic E-state index is 10.2. The molecular weight excluding hydrogens is 214 g/mol. The van der Waals surface area contributed by atoms with E-state index >= 15 is 0 Å². The SMILES string of the molecule is O=C(O)CCCNCc1cccc(Cl)c1. The monoisotopic (exact) mass is 227 g/mol. The second kappa shape index (κ2) is 6.43. The zero-order valence-electron chi connectivity index (χ0n) is 8.37. The Bertz CT molecular complexity index is 328. The van der Waals surface area contributed by atoms with Crippen LogP contribution in [0.1, 0.15) is 18.4 Å². The first kappa shape index (κ1) is 12.0. The van der Waals surface area contributed by atoms with Gasteiger partial charge in [-0.25, -0.2) is 0 Å². The topological polar surface area (TPSA) is 49.3 Å². The Hall–Kier alpha value is -1.06. The molecular formula is C11H14ClNO2. The number of hydrogen-bond donors (Lipinski definition) is 2. The summed E-state index contributed by atoms with van der Waals surface area (Å²) in [5.41, 5.74) is 1.11. The van der Waals surface area contributed by atoms with Crippen LogP contribution >= 0.6 is 11.6 Å². The molecule has 3 nitrogen and oxygen atoms in total. The van der Waals surface area contributed by atoms with Crippen molar-refractivity contribution in [1.82, 2.24) is 5.32 Å². The molecule has 0 radical (unpaired) electrons. The lowest BCUT2D eigenvalue weighted by Gasteiger charge is -2.03. The third-order valence-electron chi connectivity index (χ3n) is 1.96. The minimum absolute atomic E-state index is 0.211. The number of hydrogen-bond acceptors (Lipinski definition) is 2. The smallest absolute Gasteiger partial charge is 0.303 e. The zero-order chi connectivity index (χ0) is 11.1. The molecule has 0 aromatic heterocycles. The second-order valence-electron chi connectivity index (χ2n) is 3.30. The third kappa shape index (κ3) is 5.40. The van der Waals surface area contributed by atoms with Crippen LogP contribution in [0.4, 0.5) is 0 Å². The minimum Gasteiger partial charge on any atom is -0.481 e. The van der Waals surface area contributed by atoms with Gasteiger partial charge >= 0.3 is 5.97 Å². The van der Waals surface area contributed by atoms with Crippen LogP contribution in [-0.4, -0.2) is 17.6 Å². The highest BCUT2D eigenvalue weighted by molar-refractivity contribution is 6.30. The van der Waals surface area contributed by atoms with Gasteiger partial charge in [-0.2, -0.15) is 0 Å². The molecule has 0 amide bonds. The average Bonchev–Trinajstić information content (AvgIpc) is 2.17. The highest BCUT2D eigenvalue weighted by atomic mass is 35.5. The van der Waals surface area contributed by atoms with Crippen molar-refractivity contribution in [3.05, 3.63) is 34.9 Å². The van der Waals surface area contributed by atoms with Crippen LogP contribution in [0.15, 0.2) is 24.3 Å². The first-order valence-electron chi connectivity index (χ1n) is 4.85. The number of carbonyl (C=O) groups is 1. The Morgan fingerprint density at radius 1 is 1.47 bits per heavy atom. The quantitative estimate of drug-likeness (QED) is 0.734. The molecule has 0 atom stereocenters. The molecule has 0 spiro atoms. The van der Waals surface area contributed by atoms with Crippen molar-refractivity contribution in [1.29, 1.82) is 0 Å². The summed E-state index contributed by atoms with van der Waals surface area (Å²) >= 11 is 5.82. The van der Waals surface area contributed by atoms with Gasteiger partial charge in [-0.05, 0) is 30.7 Å². The van der Waals surface area contributed by atoms with E-state index in [-0.39, 0.29) is 6.42 Å². The van der Waals surface area contributed by atoms with Crippen molar-refractivity contribution in [2.75, 3.05) is 6.54 Å². The van der Waals surface area contributed by atoms with E-state index in [0.717, 1.165) is 17.1 Å². The predicted molar refractivity (Wildman–Crippen MR) is 60.0 cm³/mol. The molecule has 0 fully saturated rings. The molecule has 2 N–H and O–H groups in total. The van der Waals surface area contributed by atoms with E-state index in [4.69, 9.17) is 16.7 Å². The second-order valence-corrected chi connectivity index (χ2v) is 3.74. The van der Waals surface area contributed by atoms with Gasteiger partial charge in [-0.1, -0.05) is 23.7 Å². The highest BCUT2D eigenvalue weighted by Gasteiger charge is 1.96. The molecule has 0 aliphatic rings. The lowest BCUT2D eigenvalue weighted by Crippen LogP contribution is -2.15. The van der Waals surface area contributed by atoms with Crippen LogP contribution in [0.2, 0.25) is 5.02 Å². The summed E-state index contributed by atoms with van der Waals surface area (Å²) in [6.07, 6.45) is 0.860. The maximum absolute atomic E-state index is 10.2. The zero-order valence-corrected chi connectivity index (χ0v) is 9.13. The van der Waals surface area contributed by atoms with Crippen LogP contribution in [0.25, 0.3) is 0 Å². The van der Waals surface area contributed by atoms with E-state index in [1.54, 1.807) is 0 Å². The van der Waals surface area contributed by atoms with Crippen molar-refractivity contribution in [3.8, 4) is 0 Å². The molecule has 1 rings (SSSR count). The number of carboxylic acid groups (broad SMARTS) is 1. The van der Waals surface area contributed by atoms with Crippen molar-refractivity contribution >= 4 is 17.6 Å². The summed E-state index contributed by atoms with van der Waals surface area (Å²) in [7, 11) is 0. The fraction of sp³-hybridized carbons (Fsp3) is 0.364. The first-order valence-corrected chi connectivity index (χ1v) is 5.23. The van der Waals surface area contributed by atoms with Crippen LogP contribution in [0.3, 0.4) is 0 Å². The van der Waals surface area contributed by atoms with Gasteiger partial charge in [0.25, 0.3) is 0 Å². The van der Waals surface area contributed by atoms with E-state index in [2.05, 4.69) is 5.32 Å². The van der Waals surface area contributed by atoms with Crippen LogP contribution in [0.5, 0.6) is 0 Å². The summed E-state index contributed by atoms with van der Waals surface area (Å²) in [4.78, 5) is 10.2. The molecule has 15 heavy (non-hydrogen) atoms. The molecule has 1 aromatic rings. The van der Waals surface area contributed by atoms with E-state index in [9.17, 15) is 4.79 Å². The Morgan fingerprint density at radius 3 is 2.93 bits per heavy atom. The largest absolute Gasteiger partial charge is 0.481 e. The molecule has 82 valence electrons. The molecule has 4 heteroatoms. The molecule has 0 aliphatic heterocycles. The fourth-order valence-corrected chi connectivity index (χ4v) is 1.46. The van der Waals surface area contributed by atoms with E-state index in [1.807, 2.05) is 24.3 Å². The van der Waals surface area contributed by atoms with Gasteiger partial charge in [0.1, 0.15) is 0 Å². The summed E-state index contributed by atoms with van der Waals surface area (Å²) in [5, 5.41) is 12.3. The van der Waals surface area contributed by atoms with Gasteiger partial charge in [0, 0.05) is 18.0 Å². The Morgan fingerprint density at radius 2 is 2.27 bits per heavy atom. The van der Waals surface area contributed by atoms with Gasteiger partial charge in [0.2, 0.25) is 0 Å². The van der Waals surface area contributed by atoms with Gasteiger partial charge in [-0.15, -0.1) is 0 Å². The molecule has 0 unspecified atom stereocenters. The number of nitrogens with one attached hydrogen (secondary N) is 1. The van der Waals surface area contributed by atoms with Gasteiger partial charge < -0.3 is 10.4 Å². The van der Waals surface area contributed by atoms with Crippen molar-refractivity contribution < 1.29 is 9.90 Å². The number of carboxylic acids is 1. The normalized spacial score (nSPS) is 10.2. The lowest BCUT2D eigenvalue weighted by atomic mass is 10.2. The summed E-state index contributed by atoms with van der Waals surface area (Å²) in [5.74, 6) is -0.750. The predicted octanol–water partition coefficient (Wildman–Crippen LogP) is 2.29. The summed E-state index contributed by atoms with van der Waals surface area (Å²) in [6.45, 7) is 1.43. The van der Waals surface area contributed by atoms with Gasteiger partial charge in [-0.3, -0.25) is 4.79 Å². The molecule has 0 bridgehead atoms.